The predicted octanol–water partition coefficient (Wildman–Crippen LogP) is 0.731. The van der Waals surface area contributed by atoms with Gasteiger partial charge in [0, 0.05) is 6.61 Å². The molecule has 0 aromatic carbocycles. The summed E-state index contributed by atoms with van der Waals surface area (Å²) in [5.74, 6) is 0. The molecule has 0 amide bonds. The Hall–Kier alpha value is -0.120. The van der Waals surface area contributed by atoms with Crippen molar-refractivity contribution in [1.82, 2.24) is 0 Å². The molecule has 43 valence electrons. The predicted molar refractivity (Wildman–Crippen MR) is 22.9 cm³/mol. The molecule has 0 aliphatic carbocycles. The highest BCUT2D eigenvalue weighted by molar-refractivity contribution is 4.20. The van der Waals surface area contributed by atoms with Gasteiger partial charge in [0.1, 0.15) is 0 Å². The minimum atomic E-state index is -0.606. The molecule has 1 atom stereocenters. The van der Waals surface area contributed by atoms with Gasteiger partial charge in [0.15, 0.2) is 6.29 Å². The molecule has 3 heteroatoms. The van der Waals surface area contributed by atoms with Crippen LogP contribution in [0.15, 0.2) is 0 Å². The summed E-state index contributed by atoms with van der Waals surface area (Å²) in [6.45, 7) is 3.87. The lowest BCUT2D eigenvalue weighted by Crippen LogP contribution is -2.08. The Bertz CT molecular complexity index is 37.9. The van der Waals surface area contributed by atoms with Crippen molar-refractivity contribution in [2.45, 2.75) is 20.1 Å². The van der Waals surface area contributed by atoms with Crippen LogP contribution in [0.5, 0.6) is 0 Å². The number of ether oxygens (including phenoxy) is 1. The molecule has 0 fully saturated rings. The second kappa shape index (κ2) is 4.05. The molecule has 0 saturated heterocycles. The highest BCUT2D eigenvalue weighted by atomic mass is 17.1. The first-order valence-corrected chi connectivity index (χ1v) is 2.21. The van der Waals surface area contributed by atoms with Gasteiger partial charge < -0.3 is 4.74 Å². The Kier molecular flexibility index (Phi) is 3.98. The summed E-state index contributed by atoms with van der Waals surface area (Å²) < 4.78 is 4.66. The molecule has 0 heterocycles. The highest BCUT2D eigenvalue weighted by Crippen LogP contribution is 1.87. The average molecular weight is 105 g/mol. The van der Waals surface area contributed by atoms with Gasteiger partial charge in [0.05, 0.1) is 0 Å². The quantitative estimate of drug-likeness (QED) is 0.301. The maximum atomic E-state index is 9.39. The van der Waals surface area contributed by atoms with Crippen molar-refractivity contribution in [1.29, 1.82) is 0 Å². The SMILES string of the molecule is CCOC(C)O[O]. The van der Waals surface area contributed by atoms with E-state index in [1.807, 2.05) is 0 Å². The van der Waals surface area contributed by atoms with E-state index in [1.165, 1.54) is 0 Å². The summed E-state index contributed by atoms with van der Waals surface area (Å²) in [5.41, 5.74) is 0. The van der Waals surface area contributed by atoms with Gasteiger partial charge in [-0.25, -0.2) is 0 Å². The van der Waals surface area contributed by atoms with Crippen molar-refractivity contribution in [2.75, 3.05) is 6.61 Å². The lowest BCUT2D eigenvalue weighted by atomic mass is 10.7. The van der Waals surface area contributed by atoms with Crippen LogP contribution in [0.4, 0.5) is 0 Å². The van der Waals surface area contributed by atoms with E-state index in [2.05, 4.69) is 9.62 Å². The maximum absolute atomic E-state index is 9.39. The molecule has 0 rings (SSSR count). The Morgan fingerprint density at radius 1 is 1.71 bits per heavy atom. The summed E-state index contributed by atoms with van der Waals surface area (Å²) in [6, 6.07) is 0. The normalized spacial score (nSPS) is 14.1. The second-order valence-electron chi connectivity index (χ2n) is 1.12. The van der Waals surface area contributed by atoms with Crippen LogP contribution in [0.2, 0.25) is 0 Å². The van der Waals surface area contributed by atoms with E-state index in [4.69, 9.17) is 0 Å². The van der Waals surface area contributed by atoms with Gasteiger partial charge in [0.2, 0.25) is 0 Å². The van der Waals surface area contributed by atoms with E-state index in [9.17, 15) is 5.26 Å². The third-order valence-electron chi connectivity index (χ3n) is 0.537. The van der Waals surface area contributed by atoms with Crippen molar-refractivity contribution < 1.29 is 14.9 Å². The molecule has 7 heavy (non-hydrogen) atoms. The average Bonchev–Trinajstić information content (AvgIpc) is 1.68. The largest absolute Gasteiger partial charge is 0.350 e. The van der Waals surface area contributed by atoms with Crippen LogP contribution in [0.1, 0.15) is 13.8 Å². The van der Waals surface area contributed by atoms with Crippen LogP contribution in [-0.4, -0.2) is 12.9 Å². The highest BCUT2D eigenvalue weighted by Gasteiger charge is 1.95. The van der Waals surface area contributed by atoms with Crippen LogP contribution in [0, 0.1) is 0 Å². The van der Waals surface area contributed by atoms with E-state index >= 15 is 0 Å². The molecule has 0 aliphatic rings. The summed E-state index contributed by atoms with van der Waals surface area (Å²) in [7, 11) is 0. The molecule has 0 aromatic rings. The molecule has 1 radical (unpaired) electrons. The molecule has 1 unspecified atom stereocenters. The zero-order valence-corrected chi connectivity index (χ0v) is 4.51. The van der Waals surface area contributed by atoms with Gasteiger partial charge in [0.25, 0.3) is 0 Å². The van der Waals surface area contributed by atoms with Crippen LogP contribution in [0.25, 0.3) is 0 Å². The van der Waals surface area contributed by atoms with Gasteiger partial charge in [-0.3, -0.25) is 0 Å². The molecule has 0 spiro atoms. The molecule has 0 aliphatic heterocycles. The van der Waals surface area contributed by atoms with Gasteiger partial charge in [-0.2, -0.15) is 4.89 Å². The fourth-order valence-corrected chi connectivity index (χ4v) is 0.262. The van der Waals surface area contributed by atoms with E-state index in [1.54, 1.807) is 13.8 Å². The Morgan fingerprint density at radius 3 is 2.43 bits per heavy atom. The van der Waals surface area contributed by atoms with Crippen molar-refractivity contribution in [3.63, 3.8) is 0 Å². The zero-order chi connectivity index (χ0) is 5.70. The zero-order valence-electron chi connectivity index (χ0n) is 4.51. The Balaban J connectivity index is 2.83. The fraction of sp³-hybridized carbons (Fsp3) is 1.00. The summed E-state index contributed by atoms with van der Waals surface area (Å²) in [4.78, 5) is 3.52. The molecule has 0 aromatic heterocycles. The molecule has 0 N–H and O–H groups in total. The van der Waals surface area contributed by atoms with Gasteiger partial charge in [-0.1, -0.05) is 0 Å². The van der Waals surface area contributed by atoms with Gasteiger partial charge in [-0.05, 0) is 19.1 Å². The first kappa shape index (κ1) is 6.88. The fourth-order valence-electron chi connectivity index (χ4n) is 0.262. The summed E-state index contributed by atoms with van der Waals surface area (Å²) >= 11 is 0. The summed E-state index contributed by atoms with van der Waals surface area (Å²) in [6.07, 6.45) is -0.606. The third-order valence-corrected chi connectivity index (χ3v) is 0.537. The van der Waals surface area contributed by atoms with Crippen molar-refractivity contribution in [3.8, 4) is 0 Å². The van der Waals surface area contributed by atoms with Crippen LogP contribution in [0.3, 0.4) is 0 Å². The second-order valence-corrected chi connectivity index (χ2v) is 1.12. The summed E-state index contributed by atoms with van der Waals surface area (Å²) in [5, 5.41) is 9.39. The molecular weight excluding hydrogens is 96.0 g/mol. The smallest absolute Gasteiger partial charge is 0.191 e. The minimum Gasteiger partial charge on any atom is -0.350 e. The van der Waals surface area contributed by atoms with E-state index in [0.29, 0.717) is 6.61 Å². The third kappa shape index (κ3) is 3.72. The van der Waals surface area contributed by atoms with Crippen molar-refractivity contribution in [2.24, 2.45) is 0 Å². The lowest BCUT2D eigenvalue weighted by molar-refractivity contribution is -0.384. The topological polar surface area (TPSA) is 38.4 Å². The first-order chi connectivity index (χ1) is 3.31. The van der Waals surface area contributed by atoms with Crippen LogP contribution in [-0.2, 0) is 14.9 Å². The number of rotatable bonds is 3. The maximum Gasteiger partial charge on any atom is 0.191 e. The molecular formula is C4H9O3. The Morgan fingerprint density at radius 2 is 2.29 bits per heavy atom. The minimum absolute atomic E-state index is 0.517. The van der Waals surface area contributed by atoms with Gasteiger partial charge in [-0.15, -0.1) is 0 Å². The van der Waals surface area contributed by atoms with E-state index in [-0.39, 0.29) is 0 Å². The number of hydrogen-bond donors (Lipinski definition) is 0. The van der Waals surface area contributed by atoms with Crippen LogP contribution < -0.4 is 0 Å². The van der Waals surface area contributed by atoms with Crippen LogP contribution >= 0.6 is 0 Å². The molecule has 0 bridgehead atoms. The molecule has 0 saturated carbocycles. The molecule has 3 nitrogen and oxygen atoms in total. The van der Waals surface area contributed by atoms with E-state index in [0.717, 1.165) is 0 Å². The van der Waals surface area contributed by atoms with E-state index < -0.39 is 6.29 Å². The van der Waals surface area contributed by atoms with Crippen molar-refractivity contribution in [3.05, 3.63) is 0 Å². The Labute approximate surface area is 42.8 Å². The standard InChI is InChI=1S/C4H9O3/c1-3-6-4(2)7-5/h4H,3H2,1-2H3. The lowest BCUT2D eigenvalue weighted by Gasteiger charge is -2.02. The van der Waals surface area contributed by atoms with Crippen molar-refractivity contribution >= 4 is 0 Å². The number of hydrogen-bond acceptors (Lipinski definition) is 2. The monoisotopic (exact) mass is 105 g/mol. The van der Waals surface area contributed by atoms with Gasteiger partial charge >= 0.3 is 0 Å². The first-order valence-electron chi connectivity index (χ1n) is 2.21.